The Hall–Kier alpha value is -3.15. The van der Waals surface area contributed by atoms with E-state index in [2.05, 4.69) is 10.6 Å². The number of benzene rings is 2. The maximum atomic E-state index is 12.5. The number of carbonyl (C=O) groups excluding carboxylic acids is 2. The van der Waals surface area contributed by atoms with E-state index in [9.17, 15) is 19.5 Å². The minimum Gasteiger partial charge on any atom is -0.478 e. The summed E-state index contributed by atoms with van der Waals surface area (Å²) in [6.07, 6.45) is 0.0410. The molecule has 0 fully saturated rings. The molecule has 0 heterocycles. The third-order valence-corrected chi connectivity index (χ3v) is 4.04. The Labute approximate surface area is 152 Å². The van der Waals surface area contributed by atoms with E-state index >= 15 is 0 Å². The molecule has 0 saturated carbocycles. The van der Waals surface area contributed by atoms with E-state index < -0.39 is 12.0 Å². The van der Waals surface area contributed by atoms with Crippen LogP contribution in [-0.4, -0.2) is 22.9 Å². The molecule has 0 aliphatic rings. The van der Waals surface area contributed by atoms with E-state index in [4.69, 9.17) is 0 Å². The Bertz CT molecular complexity index is 831. The van der Waals surface area contributed by atoms with Crippen LogP contribution in [0.25, 0.3) is 0 Å². The van der Waals surface area contributed by atoms with Gasteiger partial charge in [0.15, 0.2) is 0 Å². The molecule has 1 atom stereocenters. The summed E-state index contributed by atoms with van der Waals surface area (Å²) in [6.45, 7) is 4.91. The average Bonchev–Trinajstić information content (AvgIpc) is 2.56. The molecule has 0 aliphatic carbocycles. The van der Waals surface area contributed by atoms with Crippen LogP contribution < -0.4 is 10.6 Å². The van der Waals surface area contributed by atoms with Crippen molar-refractivity contribution in [3.05, 3.63) is 64.7 Å². The summed E-state index contributed by atoms with van der Waals surface area (Å²) in [4.78, 5) is 35.3. The number of amides is 2. The number of anilines is 1. The number of aryl methyl sites for hydroxylation is 2. The van der Waals surface area contributed by atoms with Gasteiger partial charge in [-0.15, -0.1) is 0 Å². The van der Waals surface area contributed by atoms with Crippen molar-refractivity contribution in [3.8, 4) is 0 Å². The highest BCUT2D eigenvalue weighted by molar-refractivity contribution is 5.96. The molecule has 6 nitrogen and oxygen atoms in total. The van der Waals surface area contributed by atoms with Gasteiger partial charge in [-0.25, -0.2) is 4.79 Å². The predicted molar refractivity (Wildman–Crippen MR) is 99.1 cm³/mol. The molecule has 0 aromatic heterocycles. The second-order valence-electron chi connectivity index (χ2n) is 6.20. The van der Waals surface area contributed by atoms with E-state index in [1.807, 2.05) is 30.3 Å². The number of rotatable bonds is 6. The van der Waals surface area contributed by atoms with Crippen LogP contribution in [0.5, 0.6) is 0 Å². The fraction of sp³-hybridized carbons (Fsp3) is 0.250. The minimum absolute atomic E-state index is 0.0410. The maximum Gasteiger partial charge on any atom is 0.336 e. The molecular weight excluding hydrogens is 332 g/mol. The van der Waals surface area contributed by atoms with Crippen molar-refractivity contribution in [3.63, 3.8) is 0 Å². The van der Waals surface area contributed by atoms with Gasteiger partial charge in [-0.1, -0.05) is 36.4 Å². The zero-order valence-electron chi connectivity index (χ0n) is 15.0. The second kappa shape index (κ2) is 8.29. The number of carbonyl (C=O) groups is 3. The molecule has 1 unspecified atom stereocenters. The van der Waals surface area contributed by atoms with Crippen molar-refractivity contribution >= 4 is 23.5 Å². The monoisotopic (exact) mass is 354 g/mol. The quantitative estimate of drug-likeness (QED) is 0.742. The molecule has 3 N–H and O–H groups in total. The van der Waals surface area contributed by atoms with Crippen molar-refractivity contribution in [1.82, 2.24) is 5.32 Å². The number of aromatic carboxylic acids is 1. The molecular formula is C20H22N2O4. The van der Waals surface area contributed by atoms with Gasteiger partial charge in [0.2, 0.25) is 11.8 Å². The molecule has 2 amide bonds. The summed E-state index contributed by atoms with van der Waals surface area (Å²) in [5, 5.41) is 14.8. The van der Waals surface area contributed by atoms with Crippen molar-refractivity contribution in [2.24, 2.45) is 0 Å². The number of carboxylic acids is 1. The van der Waals surface area contributed by atoms with Gasteiger partial charge >= 0.3 is 5.97 Å². The summed E-state index contributed by atoms with van der Waals surface area (Å²) in [5.41, 5.74) is 2.83. The molecule has 2 rings (SSSR count). The zero-order valence-corrected chi connectivity index (χ0v) is 15.0. The highest BCUT2D eigenvalue weighted by Crippen LogP contribution is 2.23. The Morgan fingerprint density at radius 1 is 1.04 bits per heavy atom. The van der Waals surface area contributed by atoms with Crippen LogP contribution in [0.15, 0.2) is 42.5 Å². The van der Waals surface area contributed by atoms with Crippen LogP contribution in [0.1, 0.15) is 46.4 Å². The topological polar surface area (TPSA) is 95.5 Å². The number of hydrogen-bond acceptors (Lipinski definition) is 3. The molecule has 0 radical (unpaired) electrons. The van der Waals surface area contributed by atoms with Crippen molar-refractivity contribution in [2.75, 3.05) is 5.32 Å². The highest BCUT2D eigenvalue weighted by atomic mass is 16.4. The summed E-state index contributed by atoms with van der Waals surface area (Å²) in [7, 11) is 0. The van der Waals surface area contributed by atoms with Crippen LogP contribution >= 0.6 is 0 Å². The first kappa shape index (κ1) is 19.2. The third-order valence-electron chi connectivity index (χ3n) is 4.04. The van der Waals surface area contributed by atoms with Crippen molar-refractivity contribution in [2.45, 2.75) is 33.2 Å². The molecule has 26 heavy (non-hydrogen) atoms. The predicted octanol–water partition coefficient (Wildman–Crippen LogP) is 3.21. The first-order valence-corrected chi connectivity index (χ1v) is 8.24. The summed E-state index contributed by atoms with van der Waals surface area (Å²) < 4.78 is 0. The summed E-state index contributed by atoms with van der Waals surface area (Å²) in [5.74, 6) is -1.58. The average molecular weight is 354 g/mol. The van der Waals surface area contributed by atoms with Gasteiger partial charge in [0.1, 0.15) is 0 Å². The highest BCUT2D eigenvalue weighted by Gasteiger charge is 2.18. The van der Waals surface area contributed by atoms with Crippen molar-refractivity contribution in [1.29, 1.82) is 0 Å². The molecule has 0 saturated heterocycles. The number of carboxylic acid groups (broad SMARTS) is 1. The molecule has 0 aliphatic heterocycles. The maximum absolute atomic E-state index is 12.5. The van der Waals surface area contributed by atoms with Gasteiger partial charge in [0.05, 0.1) is 18.0 Å². The lowest BCUT2D eigenvalue weighted by Gasteiger charge is -2.19. The molecule has 2 aromatic rings. The van der Waals surface area contributed by atoms with Gasteiger partial charge in [-0.2, -0.15) is 0 Å². The Morgan fingerprint density at radius 3 is 2.27 bits per heavy atom. The van der Waals surface area contributed by atoms with Crippen molar-refractivity contribution < 1.29 is 19.5 Å². The smallest absolute Gasteiger partial charge is 0.336 e. The number of hydrogen-bond donors (Lipinski definition) is 3. The van der Waals surface area contributed by atoms with Crippen LogP contribution in [0.2, 0.25) is 0 Å². The van der Waals surface area contributed by atoms with Gasteiger partial charge < -0.3 is 15.7 Å². The van der Waals surface area contributed by atoms with Crippen LogP contribution in [0.4, 0.5) is 5.69 Å². The molecule has 0 bridgehead atoms. The molecule has 136 valence electrons. The van der Waals surface area contributed by atoms with Gasteiger partial charge in [0, 0.05) is 12.6 Å². The number of nitrogens with one attached hydrogen (secondary N) is 2. The first-order chi connectivity index (χ1) is 12.3. The summed E-state index contributed by atoms with van der Waals surface area (Å²) in [6, 6.07) is 11.9. The lowest BCUT2D eigenvalue weighted by Crippen LogP contribution is -2.29. The molecule has 6 heteroatoms. The standard InChI is InChI=1S/C20H22N2O4/c1-12-9-13(2)17(10-16(12)20(25)26)22-19(24)11-18(21-14(3)23)15-7-5-4-6-8-15/h4-10,18H,11H2,1-3H3,(H,21,23)(H,22,24)(H,25,26). The van der Waals surface area contributed by atoms with Gasteiger partial charge in [-0.3, -0.25) is 9.59 Å². The minimum atomic E-state index is -1.04. The Morgan fingerprint density at radius 2 is 1.69 bits per heavy atom. The largest absolute Gasteiger partial charge is 0.478 e. The van der Waals surface area contributed by atoms with Gasteiger partial charge in [-0.05, 0) is 36.6 Å². The van der Waals surface area contributed by atoms with Crippen LogP contribution in [-0.2, 0) is 9.59 Å². The van der Waals surface area contributed by atoms with Crippen LogP contribution in [0.3, 0.4) is 0 Å². The lowest BCUT2D eigenvalue weighted by molar-refractivity contribution is -0.120. The van der Waals surface area contributed by atoms with E-state index in [-0.39, 0.29) is 23.8 Å². The fourth-order valence-corrected chi connectivity index (χ4v) is 2.79. The fourth-order valence-electron chi connectivity index (χ4n) is 2.79. The van der Waals surface area contributed by atoms with Gasteiger partial charge in [0.25, 0.3) is 0 Å². The van der Waals surface area contributed by atoms with Crippen LogP contribution in [0, 0.1) is 13.8 Å². The summed E-state index contributed by atoms with van der Waals surface area (Å²) >= 11 is 0. The Kier molecular flexibility index (Phi) is 6.11. The lowest BCUT2D eigenvalue weighted by atomic mass is 10.0. The molecule has 2 aromatic carbocycles. The van der Waals surface area contributed by atoms with E-state index in [0.29, 0.717) is 11.3 Å². The molecule has 0 spiro atoms. The normalized spacial score (nSPS) is 11.5. The SMILES string of the molecule is CC(=O)NC(CC(=O)Nc1cc(C(=O)O)c(C)cc1C)c1ccccc1. The Balaban J connectivity index is 2.19. The van der Waals surface area contributed by atoms with E-state index in [1.54, 1.807) is 19.9 Å². The second-order valence-corrected chi connectivity index (χ2v) is 6.20. The van der Waals surface area contributed by atoms with E-state index in [1.165, 1.54) is 13.0 Å². The zero-order chi connectivity index (χ0) is 19.3. The first-order valence-electron chi connectivity index (χ1n) is 8.24. The van der Waals surface area contributed by atoms with E-state index in [0.717, 1.165) is 11.1 Å². The third kappa shape index (κ3) is 4.92.